The second-order valence-electron chi connectivity index (χ2n) is 5.13. The minimum absolute atomic E-state index is 0.209. The number of nitrogens with two attached hydrogens (primary N) is 1. The molecule has 104 valence electrons. The highest BCUT2D eigenvalue weighted by Gasteiger charge is 2.28. The van der Waals surface area contributed by atoms with Crippen LogP contribution < -0.4 is 5.73 Å². The molecule has 2 heterocycles. The van der Waals surface area contributed by atoms with Gasteiger partial charge in [-0.25, -0.2) is 0 Å². The van der Waals surface area contributed by atoms with Crippen LogP contribution in [0.5, 0.6) is 0 Å². The van der Waals surface area contributed by atoms with Crippen molar-refractivity contribution in [3.8, 4) is 0 Å². The molecule has 5 heteroatoms. The molecule has 0 saturated carbocycles. The first-order valence-corrected chi connectivity index (χ1v) is 7.71. The number of piperidine rings is 1. The van der Waals surface area contributed by atoms with Crippen LogP contribution in [0.25, 0.3) is 0 Å². The molecule has 1 amide bonds. The average Bonchev–Trinajstić information content (AvgIpc) is 2.37. The number of likely N-dealkylation sites (tertiary alicyclic amines) is 1. The van der Waals surface area contributed by atoms with Gasteiger partial charge < -0.3 is 10.6 Å². The summed E-state index contributed by atoms with van der Waals surface area (Å²) in [6.07, 6.45) is 6.76. The minimum Gasteiger partial charge on any atom is -0.397 e. The fourth-order valence-electron chi connectivity index (χ4n) is 2.65. The molecule has 19 heavy (non-hydrogen) atoms. The summed E-state index contributed by atoms with van der Waals surface area (Å²) >= 11 is 1.50. The second kappa shape index (κ2) is 6.28. The number of carbonyl (C=O) groups is 1. The molecule has 4 nitrogen and oxygen atoms in total. The predicted molar refractivity (Wildman–Crippen MR) is 79.0 cm³/mol. The van der Waals surface area contributed by atoms with Crippen LogP contribution in [0.1, 0.15) is 33.1 Å². The van der Waals surface area contributed by atoms with E-state index in [0.29, 0.717) is 23.5 Å². The van der Waals surface area contributed by atoms with Gasteiger partial charge in [-0.05, 0) is 39.2 Å². The van der Waals surface area contributed by atoms with E-state index in [9.17, 15) is 4.79 Å². The lowest BCUT2D eigenvalue weighted by Crippen LogP contribution is -2.48. The van der Waals surface area contributed by atoms with Crippen LogP contribution in [0.4, 0.5) is 5.69 Å². The van der Waals surface area contributed by atoms with Crippen molar-refractivity contribution in [1.29, 1.82) is 0 Å². The Bertz CT molecular complexity index is 442. The van der Waals surface area contributed by atoms with E-state index in [0.717, 1.165) is 17.7 Å². The summed E-state index contributed by atoms with van der Waals surface area (Å²) in [6, 6.07) is 2.56. The van der Waals surface area contributed by atoms with Crippen molar-refractivity contribution in [2.24, 2.45) is 0 Å². The van der Waals surface area contributed by atoms with Crippen LogP contribution in [0.2, 0.25) is 0 Å². The van der Waals surface area contributed by atoms with Gasteiger partial charge in [0.15, 0.2) is 0 Å². The van der Waals surface area contributed by atoms with E-state index in [2.05, 4.69) is 18.8 Å². The molecule has 1 aliphatic rings. The van der Waals surface area contributed by atoms with Gasteiger partial charge in [-0.2, -0.15) is 0 Å². The van der Waals surface area contributed by atoms with E-state index in [-0.39, 0.29) is 5.91 Å². The molecule has 0 aromatic carbocycles. The molecule has 0 aliphatic carbocycles. The van der Waals surface area contributed by atoms with Gasteiger partial charge >= 0.3 is 0 Å². The maximum Gasteiger partial charge on any atom is 0.233 e. The highest BCUT2D eigenvalue weighted by atomic mass is 32.2. The summed E-state index contributed by atoms with van der Waals surface area (Å²) in [4.78, 5) is 19.3. The van der Waals surface area contributed by atoms with Crippen molar-refractivity contribution >= 4 is 23.4 Å². The molecular formula is C14H21N3OS. The maximum absolute atomic E-state index is 12.4. The van der Waals surface area contributed by atoms with Crippen LogP contribution in [0.15, 0.2) is 23.4 Å². The van der Waals surface area contributed by atoms with Crippen molar-refractivity contribution in [2.45, 2.75) is 50.1 Å². The largest absolute Gasteiger partial charge is 0.397 e. The highest BCUT2D eigenvalue weighted by Crippen LogP contribution is 2.27. The minimum atomic E-state index is 0.209. The summed E-state index contributed by atoms with van der Waals surface area (Å²) in [7, 11) is 0. The Hall–Kier alpha value is -1.23. The van der Waals surface area contributed by atoms with Crippen molar-refractivity contribution in [3.63, 3.8) is 0 Å². The molecule has 2 unspecified atom stereocenters. The number of anilines is 1. The molecule has 2 N–H and O–H groups in total. The predicted octanol–water partition coefficient (Wildman–Crippen LogP) is 2.55. The highest BCUT2D eigenvalue weighted by molar-refractivity contribution is 8.00. The van der Waals surface area contributed by atoms with Crippen molar-refractivity contribution in [1.82, 2.24) is 9.88 Å². The van der Waals surface area contributed by atoms with Gasteiger partial charge in [0.25, 0.3) is 0 Å². The molecule has 1 aromatic heterocycles. The molecule has 1 aromatic rings. The number of pyridine rings is 1. The van der Waals surface area contributed by atoms with E-state index in [1.165, 1.54) is 18.2 Å². The number of carbonyl (C=O) groups excluding carboxylic acids is 1. The van der Waals surface area contributed by atoms with Crippen molar-refractivity contribution in [3.05, 3.63) is 18.5 Å². The Kier molecular flexibility index (Phi) is 4.69. The van der Waals surface area contributed by atoms with Gasteiger partial charge in [-0.3, -0.25) is 9.78 Å². The van der Waals surface area contributed by atoms with Gasteiger partial charge in [-0.1, -0.05) is 0 Å². The number of hydrogen-bond donors (Lipinski definition) is 1. The number of thioether (sulfide) groups is 1. The summed E-state index contributed by atoms with van der Waals surface area (Å²) < 4.78 is 0. The van der Waals surface area contributed by atoms with Crippen LogP contribution in [-0.2, 0) is 4.79 Å². The fraction of sp³-hybridized carbons (Fsp3) is 0.571. The Morgan fingerprint density at radius 1 is 1.47 bits per heavy atom. The van der Waals surface area contributed by atoms with Crippen LogP contribution >= 0.6 is 11.8 Å². The Morgan fingerprint density at radius 3 is 2.79 bits per heavy atom. The van der Waals surface area contributed by atoms with Crippen LogP contribution in [0, 0.1) is 0 Å². The quantitative estimate of drug-likeness (QED) is 0.864. The first-order chi connectivity index (χ1) is 9.09. The Morgan fingerprint density at radius 2 is 2.16 bits per heavy atom. The lowest BCUT2D eigenvalue weighted by molar-refractivity contribution is -0.134. The van der Waals surface area contributed by atoms with Crippen LogP contribution in [0.3, 0.4) is 0 Å². The lowest BCUT2D eigenvalue weighted by atomic mass is 9.98. The molecular weight excluding hydrogens is 258 g/mol. The van der Waals surface area contributed by atoms with Gasteiger partial charge in [0, 0.05) is 23.2 Å². The molecule has 1 aliphatic heterocycles. The van der Waals surface area contributed by atoms with Crippen LogP contribution in [-0.4, -0.2) is 33.6 Å². The number of nitrogens with zero attached hydrogens (tertiary/aromatic N) is 2. The number of nitrogen functional groups attached to an aromatic ring is 1. The summed E-state index contributed by atoms with van der Waals surface area (Å²) in [5.74, 6) is 0.656. The standard InChI is InChI=1S/C14H21N3OS/c1-10-4-3-5-11(2)17(10)14(18)9-19-13-6-7-16-8-12(13)15/h6-8,10-11H,3-5,9,15H2,1-2H3. The zero-order chi connectivity index (χ0) is 13.8. The van der Waals surface area contributed by atoms with Crippen molar-refractivity contribution < 1.29 is 4.79 Å². The summed E-state index contributed by atoms with van der Waals surface area (Å²) in [5.41, 5.74) is 6.47. The van der Waals surface area contributed by atoms with Gasteiger partial charge in [-0.15, -0.1) is 11.8 Å². The molecule has 1 saturated heterocycles. The molecule has 2 atom stereocenters. The first-order valence-electron chi connectivity index (χ1n) is 6.73. The first kappa shape index (κ1) is 14.2. The summed E-state index contributed by atoms with van der Waals surface area (Å²) in [5, 5.41) is 0. The topological polar surface area (TPSA) is 59.2 Å². The third-order valence-electron chi connectivity index (χ3n) is 3.64. The third kappa shape index (κ3) is 3.41. The lowest BCUT2D eigenvalue weighted by Gasteiger charge is -2.39. The second-order valence-corrected chi connectivity index (χ2v) is 6.15. The molecule has 0 radical (unpaired) electrons. The number of rotatable bonds is 3. The van der Waals surface area contributed by atoms with Crippen molar-refractivity contribution in [2.75, 3.05) is 11.5 Å². The Labute approximate surface area is 118 Å². The summed E-state index contributed by atoms with van der Waals surface area (Å²) in [6.45, 7) is 4.28. The molecule has 0 spiro atoms. The third-order valence-corrected chi connectivity index (χ3v) is 4.72. The van der Waals surface area contributed by atoms with Gasteiger partial charge in [0.05, 0.1) is 17.6 Å². The Balaban J connectivity index is 1.95. The van der Waals surface area contributed by atoms with E-state index in [1.807, 2.05) is 11.0 Å². The molecule has 0 bridgehead atoms. The van der Waals surface area contributed by atoms with E-state index in [4.69, 9.17) is 5.73 Å². The fourth-order valence-corrected chi connectivity index (χ4v) is 3.46. The maximum atomic E-state index is 12.4. The number of aromatic nitrogens is 1. The zero-order valence-corrected chi connectivity index (χ0v) is 12.3. The van der Waals surface area contributed by atoms with E-state index >= 15 is 0 Å². The van der Waals surface area contributed by atoms with Gasteiger partial charge in [0.2, 0.25) is 5.91 Å². The number of hydrogen-bond acceptors (Lipinski definition) is 4. The number of amides is 1. The smallest absolute Gasteiger partial charge is 0.233 e. The molecule has 1 fully saturated rings. The zero-order valence-electron chi connectivity index (χ0n) is 11.5. The van der Waals surface area contributed by atoms with E-state index in [1.54, 1.807) is 12.4 Å². The monoisotopic (exact) mass is 279 g/mol. The van der Waals surface area contributed by atoms with E-state index < -0.39 is 0 Å². The normalized spacial score (nSPS) is 23.4. The molecule has 2 rings (SSSR count). The van der Waals surface area contributed by atoms with Gasteiger partial charge in [0.1, 0.15) is 0 Å². The SMILES string of the molecule is CC1CCCC(C)N1C(=O)CSc1ccncc1N. The average molecular weight is 279 g/mol.